The molecule has 3 rings (SSSR count). The lowest BCUT2D eigenvalue weighted by Crippen LogP contribution is -2.46. The van der Waals surface area contributed by atoms with Crippen LogP contribution in [0, 0.1) is 0 Å². The second-order valence-corrected chi connectivity index (χ2v) is 5.25. The molecule has 0 spiro atoms. The third kappa shape index (κ3) is 2.76. The first-order valence-corrected chi connectivity index (χ1v) is 7.30. The minimum absolute atomic E-state index is 0.287. The van der Waals surface area contributed by atoms with Gasteiger partial charge in [0.15, 0.2) is 0 Å². The number of benzene rings is 1. The molecule has 0 saturated carbocycles. The van der Waals surface area contributed by atoms with Crippen LogP contribution in [0.25, 0.3) is 10.9 Å². The van der Waals surface area contributed by atoms with Gasteiger partial charge in [-0.25, -0.2) is 0 Å². The van der Waals surface area contributed by atoms with Gasteiger partial charge in [0.25, 0.3) is 0 Å². The number of hydrogen-bond donors (Lipinski definition) is 1. The summed E-state index contributed by atoms with van der Waals surface area (Å²) in [6.45, 7) is 5.50. The number of piperazine rings is 1. The molecule has 0 atom stereocenters. The van der Waals surface area contributed by atoms with Crippen LogP contribution in [-0.2, 0) is 0 Å². The first-order valence-electron chi connectivity index (χ1n) is 7.30. The van der Waals surface area contributed by atoms with Gasteiger partial charge in [-0.15, -0.1) is 0 Å². The van der Waals surface area contributed by atoms with Crippen LogP contribution in [0.4, 0.5) is 5.69 Å². The van der Waals surface area contributed by atoms with Crippen molar-refractivity contribution in [2.45, 2.75) is 6.42 Å². The zero-order chi connectivity index (χ0) is 13.8. The lowest BCUT2D eigenvalue weighted by Gasteiger charge is -2.36. The van der Waals surface area contributed by atoms with E-state index in [1.54, 1.807) is 0 Å². The van der Waals surface area contributed by atoms with Crippen LogP contribution in [0.15, 0.2) is 36.5 Å². The highest BCUT2D eigenvalue weighted by Crippen LogP contribution is 2.26. The van der Waals surface area contributed by atoms with Gasteiger partial charge in [-0.1, -0.05) is 6.07 Å². The Morgan fingerprint density at radius 3 is 2.70 bits per heavy atom. The Labute approximate surface area is 119 Å². The monoisotopic (exact) mass is 271 g/mol. The molecule has 1 aromatic carbocycles. The predicted octanol–water partition coefficient (Wildman–Crippen LogP) is 1.74. The average Bonchev–Trinajstić information content (AvgIpc) is 2.53. The molecule has 1 N–H and O–H groups in total. The van der Waals surface area contributed by atoms with Crippen LogP contribution in [0.3, 0.4) is 0 Å². The third-order valence-corrected chi connectivity index (χ3v) is 3.97. The Bertz CT molecular complexity index is 559. The average molecular weight is 271 g/mol. The van der Waals surface area contributed by atoms with Crippen LogP contribution in [-0.4, -0.2) is 54.3 Å². The van der Waals surface area contributed by atoms with E-state index in [1.165, 1.54) is 11.1 Å². The fourth-order valence-corrected chi connectivity index (χ4v) is 2.87. The van der Waals surface area contributed by atoms with Crippen molar-refractivity contribution in [3.63, 3.8) is 0 Å². The van der Waals surface area contributed by atoms with Gasteiger partial charge in [-0.3, -0.25) is 9.88 Å². The van der Waals surface area contributed by atoms with Gasteiger partial charge in [-0.2, -0.15) is 0 Å². The van der Waals surface area contributed by atoms with Crippen LogP contribution < -0.4 is 4.90 Å². The summed E-state index contributed by atoms with van der Waals surface area (Å²) in [5.74, 6) is 0. The van der Waals surface area contributed by atoms with E-state index < -0.39 is 0 Å². The van der Waals surface area contributed by atoms with E-state index in [9.17, 15) is 0 Å². The van der Waals surface area contributed by atoms with Crippen molar-refractivity contribution in [1.82, 2.24) is 9.88 Å². The van der Waals surface area contributed by atoms with Crippen molar-refractivity contribution in [1.29, 1.82) is 0 Å². The predicted molar refractivity (Wildman–Crippen MR) is 82.1 cm³/mol. The van der Waals surface area contributed by atoms with Gasteiger partial charge in [0, 0.05) is 56.6 Å². The van der Waals surface area contributed by atoms with Crippen molar-refractivity contribution < 1.29 is 5.11 Å². The summed E-state index contributed by atoms with van der Waals surface area (Å²) in [5.41, 5.74) is 2.35. The first kappa shape index (κ1) is 13.3. The lowest BCUT2D eigenvalue weighted by molar-refractivity contribution is 0.216. The topological polar surface area (TPSA) is 39.6 Å². The zero-order valence-corrected chi connectivity index (χ0v) is 11.7. The summed E-state index contributed by atoms with van der Waals surface area (Å²) >= 11 is 0. The first-order chi connectivity index (χ1) is 9.88. The van der Waals surface area contributed by atoms with Crippen LogP contribution in [0.1, 0.15) is 6.42 Å². The van der Waals surface area contributed by atoms with E-state index in [2.05, 4.69) is 39.0 Å². The molecule has 1 aliphatic rings. The minimum Gasteiger partial charge on any atom is -0.396 e. The fraction of sp³-hybridized carbons (Fsp3) is 0.438. The Morgan fingerprint density at radius 2 is 1.90 bits per heavy atom. The molecular formula is C16H21N3O. The number of aromatic nitrogens is 1. The molecule has 1 aliphatic heterocycles. The van der Waals surface area contributed by atoms with E-state index >= 15 is 0 Å². The Hall–Kier alpha value is -1.65. The highest BCUT2D eigenvalue weighted by atomic mass is 16.3. The normalized spacial score (nSPS) is 16.8. The summed E-state index contributed by atoms with van der Waals surface area (Å²) in [6.07, 6.45) is 2.72. The zero-order valence-electron chi connectivity index (χ0n) is 11.7. The molecule has 4 nitrogen and oxygen atoms in total. The van der Waals surface area contributed by atoms with E-state index in [4.69, 9.17) is 5.11 Å². The number of rotatable bonds is 4. The van der Waals surface area contributed by atoms with Crippen molar-refractivity contribution in [2.75, 3.05) is 44.2 Å². The van der Waals surface area contributed by atoms with Gasteiger partial charge in [-0.05, 0) is 30.7 Å². The lowest BCUT2D eigenvalue weighted by atomic mass is 10.1. The fourth-order valence-electron chi connectivity index (χ4n) is 2.87. The molecule has 0 radical (unpaired) electrons. The summed E-state index contributed by atoms with van der Waals surface area (Å²) < 4.78 is 0. The summed E-state index contributed by atoms with van der Waals surface area (Å²) in [5, 5.41) is 10.1. The molecule has 4 heteroatoms. The molecule has 0 amide bonds. The summed E-state index contributed by atoms with van der Waals surface area (Å²) in [7, 11) is 0. The number of pyridine rings is 1. The molecule has 0 bridgehead atoms. The number of hydrogen-bond acceptors (Lipinski definition) is 4. The van der Waals surface area contributed by atoms with Crippen LogP contribution >= 0.6 is 0 Å². The third-order valence-electron chi connectivity index (χ3n) is 3.97. The number of aliphatic hydroxyl groups excluding tert-OH is 1. The minimum atomic E-state index is 0.287. The standard InChI is InChI=1S/C16H21N3O/c20-13-3-8-18-9-11-19(12-10-18)16-6-1-5-15-14(16)4-2-7-17-15/h1-2,4-7,20H,3,8-13H2. The smallest absolute Gasteiger partial charge is 0.0722 e. The molecule has 1 saturated heterocycles. The number of fused-ring (bicyclic) bond motifs is 1. The van der Waals surface area contributed by atoms with Gasteiger partial charge in [0.05, 0.1) is 5.52 Å². The van der Waals surface area contributed by atoms with E-state index in [-0.39, 0.29) is 6.61 Å². The Balaban J connectivity index is 1.74. The maximum atomic E-state index is 8.90. The molecule has 106 valence electrons. The highest BCUT2D eigenvalue weighted by molar-refractivity contribution is 5.91. The van der Waals surface area contributed by atoms with E-state index in [0.29, 0.717) is 0 Å². The Morgan fingerprint density at radius 1 is 1.05 bits per heavy atom. The van der Waals surface area contributed by atoms with Crippen LogP contribution in [0.5, 0.6) is 0 Å². The summed E-state index contributed by atoms with van der Waals surface area (Å²) in [6, 6.07) is 10.5. The van der Waals surface area contributed by atoms with Gasteiger partial charge in [0.2, 0.25) is 0 Å². The molecule has 0 unspecified atom stereocenters. The number of anilines is 1. The maximum Gasteiger partial charge on any atom is 0.0722 e. The van der Waals surface area contributed by atoms with E-state index in [0.717, 1.165) is 44.7 Å². The van der Waals surface area contributed by atoms with Crippen molar-refractivity contribution in [3.8, 4) is 0 Å². The molecule has 0 aliphatic carbocycles. The van der Waals surface area contributed by atoms with Crippen molar-refractivity contribution >= 4 is 16.6 Å². The van der Waals surface area contributed by atoms with Gasteiger partial charge >= 0.3 is 0 Å². The van der Waals surface area contributed by atoms with E-state index in [1.807, 2.05) is 12.3 Å². The number of aliphatic hydroxyl groups is 1. The van der Waals surface area contributed by atoms with Gasteiger partial charge < -0.3 is 10.0 Å². The molecule has 2 heterocycles. The SMILES string of the molecule is OCCCN1CCN(c2cccc3ncccc23)CC1. The van der Waals surface area contributed by atoms with Crippen molar-refractivity contribution in [2.24, 2.45) is 0 Å². The molecule has 1 fully saturated rings. The van der Waals surface area contributed by atoms with Gasteiger partial charge in [0.1, 0.15) is 0 Å². The maximum absolute atomic E-state index is 8.90. The molecule has 1 aromatic heterocycles. The molecule has 20 heavy (non-hydrogen) atoms. The number of nitrogens with zero attached hydrogens (tertiary/aromatic N) is 3. The Kier molecular flexibility index (Phi) is 4.14. The molecular weight excluding hydrogens is 250 g/mol. The largest absolute Gasteiger partial charge is 0.396 e. The second kappa shape index (κ2) is 6.20. The second-order valence-electron chi connectivity index (χ2n) is 5.25. The summed E-state index contributed by atoms with van der Waals surface area (Å²) in [4.78, 5) is 9.30. The quantitative estimate of drug-likeness (QED) is 0.919. The highest BCUT2D eigenvalue weighted by Gasteiger charge is 2.18. The van der Waals surface area contributed by atoms with Crippen LogP contribution in [0.2, 0.25) is 0 Å². The van der Waals surface area contributed by atoms with Crippen molar-refractivity contribution in [3.05, 3.63) is 36.5 Å². The molecule has 2 aromatic rings.